The molecule has 2 atom stereocenters. The molecular weight excluding hydrogens is 248 g/mol. The fraction of sp³-hybridized carbons (Fsp3) is 0.529. The van der Waals surface area contributed by atoms with Crippen LogP contribution in [0.5, 0.6) is 0 Å². The molecule has 1 aromatic carbocycles. The van der Waals surface area contributed by atoms with Gasteiger partial charge in [0, 0.05) is 5.92 Å². The number of benzene rings is 1. The largest absolute Gasteiger partial charge is 0.273 e. The first-order chi connectivity index (χ1) is 9.36. The second kappa shape index (κ2) is 3.33. The van der Waals surface area contributed by atoms with Gasteiger partial charge >= 0.3 is 0 Å². The quantitative estimate of drug-likeness (QED) is 0.726. The Labute approximate surface area is 119 Å². The Morgan fingerprint density at radius 1 is 1.30 bits per heavy atom. The third-order valence-corrected chi connectivity index (χ3v) is 6.05. The van der Waals surface area contributed by atoms with E-state index in [-0.39, 0.29) is 16.7 Å². The molecule has 4 rings (SSSR count). The van der Waals surface area contributed by atoms with Gasteiger partial charge in [-0.25, -0.2) is 4.98 Å². The molecule has 2 heterocycles. The number of hydrogen-bond acceptors (Lipinski definition) is 2. The molecule has 1 aromatic heterocycles. The van der Waals surface area contributed by atoms with Crippen LogP contribution >= 0.6 is 0 Å². The van der Waals surface area contributed by atoms with E-state index in [0.29, 0.717) is 5.92 Å². The van der Waals surface area contributed by atoms with E-state index in [1.165, 1.54) is 5.56 Å². The molecule has 0 saturated heterocycles. The van der Waals surface area contributed by atoms with Gasteiger partial charge in [0.1, 0.15) is 5.82 Å². The molecule has 104 valence electrons. The Kier molecular flexibility index (Phi) is 2.02. The summed E-state index contributed by atoms with van der Waals surface area (Å²) in [6.45, 7) is 8.67. The first-order valence-corrected chi connectivity index (χ1v) is 7.40. The maximum Gasteiger partial charge on any atom is 0.239 e. The lowest BCUT2D eigenvalue weighted by Crippen LogP contribution is -2.47. The monoisotopic (exact) mass is 268 g/mol. The molecule has 0 radical (unpaired) electrons. The summed E-state index contributed by atoms with van der Waals surface area (Å²) in [5.41, 5.74) is 2.86. The number of hydrogen-bond donors (Lipinski definition) is 0. The second-order valence-electron chi connectivity index (χ2n) is 7.25. The molecule has 0 amide bonds. The Hall–Kier alpha value is -1.64. The summed E-state index contributed by atoms with van der Waals surface area (Å²) in [5, 5.41) is 0. The fourth-order valence-electron chi connectivity index (χ4n) is 4.24. The van der Waals surface area contributed by atoms with E-state index in [4.69, 9.17) is 4.98 Å². The van der Waals surface area contributed by atoms with E-state index in [0.717, 1.165) is 29.7 Å². The SMILES string of the molecule is Cc1ccc2c(c1)nc1n2C(=O)[C@]2(C)CC[C@@H]1C2(C)C. The predicted octanol–water partition coefficient (Wildman–Crippen LogP) is 3.91. The van der Waals surface area contributed by atoms with E-state index in [1.54, 1.807) is 0 Å². The van der Waals surface area contributed by atoms with Gasteiger partial charge in [-0.2, -0.15) is 0 Å². The number of imidazole rings is 1. The Balaban J connectivity index is 2.09. The summed E-state index contributed by atoms with van der Waals surface area (Å²) in [6.07, 6.45) is 2.04. The summed E-state index contributed by atoms with van der Waals surface area (Å²) in [4.78, 5) is 17.9. The zero-order valence-corrected chi connectivity index (χ0v) is 12.5. The van der Waals surface area contributed by atoms with Gasteiger partial charge in [0.25, 0.3) is 0 Å². The van der Waals surface area contributed by atoms with E-state index < -0.39 is 0 Å². The molecule has 1 fully saturated rings. The Morgan fingerprint density at radius 3 is 2.80 bits per heavy atom. The lowest BCUT2D eigenvalue weighted by molar-refractivity contribution is 0.0413. The molecule has 3 heteroatoms. The van der Waals surface area contributed by atoms with Crippen LogP contribution in [-0.4, -0.2) is 15.5 Å². The molecule has 0 unspecified atom stereocenters. The summed E-state index contributed by atoms with van der Waals surface area (Å²) < 4.78 is 1.90. The minimum atomic E-state index is -0.261. The highest BCUT2D eigenvalue weighted by molar-refractivity contribution is 5.96. The van der Waals surface area contributed by atoms with Crippen molar-refractivity contribution in [1.82, 2.24) is 9.55 Å². The van der Waals surface area contributed by atoms with Crippen LogP contribution < -0.4 is 0 Å². The standard InChI is InChI=1S/C17H20N2O/c1-10-5-6-13-12(9-10)18-14-11-7-8-17(4,16(11,2)3)15(20)19(13)14/h5-6,9,11H,7-8H2,1-4H3/t11-,17-/m0/s1. The third kappa shape index (κ3) is 1.13. The van der Waals surface area contributed by atoms with Gasteiger partial charge in [-0.05, 0) is 42.9 Å². The zero-order valence-electron chi connectivity index (χ0n) is 12.5. The molecule has 20 heavy (non-hydrogen) atoms. The third-order valence-electron chi connectivity index (χ3n) is 6.05. The first kappa shape index (κ1) is 12.1. The molecule has 1 aliphatic heterocycles. The van der Waals surface area contributed by atoms with Gasteiger partial charge in [-0.1, -0.05) is 26.8 Å². The predicted molar refractivity (Wildman–Crippen MR) is 79.0 cm³/mol. The molecule has 0 N–H and O–H groups in total. The maximum atomic E-state index is 13.1. The van der Waals surface area contributed by atoms with Gasteiger partial charge in [-0.15, -0.1) is 0 Å². The van der Waals surface area contributed by atoms with E-state index in [9.17, 15) is 4.79 Å². The van der Waals surface area contributed by atoms with Crippen molar-refractivity contribution in [2.24, 2.45) is 10.8 Å². The van der Waals surface area contributed by atoms with Crippen LogP contribution in [0.25, 0.3) is 11.0 Å². The molecule has 1 saturated carbocycles. The van der Waals surface area contributed by atoms with Crippen molar-refractivity contribution in [3.63, 3.8) is 0 Å². The molecular formula is C17H20N2O. The van der Waals surface area contributed by atoms with Crippen molar-refractivity contribution in [3.8, 4) is 0 Å². The number of fused-ring (bicyclic) bond motifs is 6. The van der Waals surface area contributed by atoms with Crippen LogP contribution in [0.15, 0.2) is 18.2 Å². The molecule has 0 spiro atoms. The summed E-state index contributed by atoms with van der Waals surface area (Å²) in [5.74, 6) is 1.60. The van der Waals surface area contributed by atoms with Crippen LogP contribution in [0.1, 0.15) is 55.7 Å². The summed E-state index contributed by atoms with van der Waals surface area (Å²) in [6, 6.07) is 6.19. The van der Waals surface area contributed by atoms with Gasteiger partial charge in [0.05, 0.1) is 16.4 Å². The lowest BCUT2D eigenvalue weighted by Gasteiger charge is -2.44. The Bertz CT molecular complexity index is 756. The van der Waals surface area contributed by atoms with Gasteiger partial charge < -0.3 is 0 Å². The minimum absolute atomic E-state index is 0.00347. The molecule has 1 aliphatic carbocycles. The van der Waals surface area contributed by atoms with Crippen molar-refractivity contribution in [3.05, 3.63) is 29.6 Å². The van der Waals surface area contributed by atoms with Gasteiger partial charge in [-0.3, -0.25) is 9.36 Å². The average Bonchev–Trinajstić information content (AvgIpc) is 2.81. The topological polar surface area (TPSA) is 34.9 Å². The van der Waals surface area contributed by atoms with Crippen molar-refractivity contribution in [1.29, 1.82) is 0 Å². The van der Waals surface area contributed by atoms with Crippen molar-refractivity contribution >= 4 is 16.9 Å². The lowest BCUT2D eigenvalue weighted by atomic mass is 9.63. The van der Waals surface area contributed by atoms with E-state index in [1.807, 2.05) is 10.6 Å². The number of aromatic nitrogens is 2. The van der Waals surface area contributed by atoms with Gasteiger partial charge in [0.15, 0.2) is 0 Å². The number of nitrogens with zero attached hydrogens (tertiary/aromatic N) is 2. The van der Waals surface area contributed by atoms with Crippen molar-refractivity contribution in [2.45, 2.75) is 46.5 Å². The molecule has 2 aliphatic rings. The minimum Gasteiger partial charge on any atom is -0.273 e. The highest BCUT2D eigenvalue weighted by Gasteiger charge is 2.61. The summed E-state index contributed by atoms with van der Waals surface area (Å²) >= 11 is 0. The number of carbonyl (C=O) groups is 1. The maximum absolute atomic E-state index is 13.1. The van der Waals surface area contributed by atoms with Crippen LogP contribution in [0.3, 0.4) is 0 Å². The number of aryl methyl sites for hydroxylation is 1. The zero-order chi connectivity index (χ0) is 14.3. The Morgan fingerprint density at radius 2 is 2.05 bits per heavy atom. The van der Waals surface area contributed by atoms with Crippen LogP contribution in [0, 0.1) is 17.8 Å². The smallest absolute Gasteiger partial charge is 0.239 e. The van der Waals surface area contributed by atoms with E-state index in [2.05, 4.69) is 39.8 Å². The fourth-order valence-corrected chi connectivity index (χ4v) is 4.24. The highest BCUT2D eigenvalue weighted by Crippen LogP contribution is 2.63. The van der Waals surface area contributed by atoms with Crippen LogP contribution in [-0.2, 0) is 0 Å². The molecule has 2 aromatic rings. The average molecular weight is 268 g/mol. The number of rotatable bonds is 0. The van der Waals surface area contributed by atoms with Crippen LogP contribution in [0.4, 0.5) is 0 Å². The number of carbonyl (C=O) groups excluding carboxylic acids is 1. The first-order valence-electron chi connectivity index (χ1n) is 7.40. The molecule has 2 bridgehead atoms. The second-order valence-corrected chi connectivity index (χ2v) is 7.25. The highest BCUT2D eigenvalue weighted by atomic mass is 16.2. The van der Waals surface area contributed by atoms with Crippen molar-refractivity contribution < 1.29 is 4.79 Å². The van der Waals surface area contributed by atoms with E-state index >= 15 is 0 Å². The molecule has 3 nitrogen and oxygen atoms in total. The summed E-state index contributed by atoms with van der Waals surface area (Å²) in [7, 11) is 0. The normalized spacial score (nSPS) is 30.8. The van der Waals surface area contributed by atoms with Crippen molar-refractivity contribution in [2.75, 3.05) is 0 Å². The van der Waals surface area contributed by atoms with Gasteiger partial charge in [0.2, 0.25) is 5.91 Å². The van der Waals surface area contributed by atoms with Crippen LogP contribution in [0.2, 0.25) is 0 Å².